The van der Waals surface area contributed by atoms with E-state index in [-0.39, 0.29) is 0 Å². The van der Waals surface area contributed by atoms with Crippen molar-refractivity contribution < 1.29 is 226 Å². The molecule has 0 fully saturated rings. The largest absolute Gasteiger partial charge is 0.460 e. The molecule has 0 saturated heterocycles. The van der Waals surface area contributed by atoms with Crippen LogP contribution in [0.2, 0.25) is 0 Å². The monoisotopic (exact) mass is 1230 g/mol. The predicted molar refractivity (Wildman–Crippen MR) is 120 cm³/mol. The Hall–Kier alpha value is -3.45. The molecule has 0 heterocycles. The normalized spacial score (nSPS) is 18.0. The first-order chi connectivity index (χ1) is 30.9. The van der Waals surface area contributed by atoms with Crippen molar-refractivity contribution in [2.45, 2.75) is 138 Å². The molecule has 51 heteroatoms. The standard InChI is InChI=1S/C23HF47O4/c24-1(25,3(28,29)5(32,33)8(38,39)16(53,54)55)2(26,27)4(30,31)6(34,35)9(40,41)18(59,60)72-20(63,64)11(44,45)13(48,49)22(67,68)74-23(69,70)14(50,51)12(46,47)21(65,66)73-19(61,62)10(42,43)7(36,37)15(52,71)17(56,57)58/h71H. The summed E-state index contributed by atoms with van der Waals surface area (Å²) in [4.78, 5) is 0. The third-order valence-corrected chi connectivity index (χ3v) is 8.05. The summed E-state index contributed by atoms with van der Waals surface area (Å²) in [5.41, 5.74) is 0. The van der Waals surface area contributed by atoms with Gasteiger partial charge >= 0.3 is 138 Å². The van der Waals surface area contributed by atoms with Crippen LogP contribution in [0.1, 0.15) is 0 Å². The fourth-order valence-corrected chi connectivity index (χ4v) is 3.71. The summed E-state index contributed by atoms with van der Waals surface area (Å²) >= 11 is 0. The molecule has 74 heavy (non-hydrogen) atoms. The SMILES string of the molecule is OC(F)(C(F)(F)F)C(F)(F)C(F)(F)C(F)(F)OC(F)(F)C(F)(F)C(F)(F)C(F)(F)OC(F)(F)C(F)(F)C(F)(F)C(F)(F)OC(F)(F)C(F)(F)C(F)(F)C(F)(F)C(F)(F)C(F)(F)C(F)(F)C(F)(F)C(F)(F)C(F)(F)F. The van der Waals surface area contributed by atoms with E-state index in [4.69, 9.17) is 5.11 Å². The number of halogens is 47. The van der Waals surface area contributed by atoms with E-state index in [1.165, 1.54) is 0 Å². The fraction of sp³-hybridized carbons (Fsp3) is 1.00. The summed E-state index contributed by atoms with van der Waals surface area (Å²) in [5, 5.41) is 7.86. The van der Waals surface area contributed by atoms with E-state index < -0.39 is 138 Å². The zero-order valence-corrected chi connectivity index (χ0v) is 30.9. The lowest BCUT2D eigenvalue weighted by Crippen LogP contribution is -2.77. The lowest BCUT2D eigenvalue weighted by Gasteiger charge is -2.45. The van der Waals surface area contributed by atoms with Gasteiger partial charge < -0.3 is 5.11 Å². The molecule has 0 aliphatic carbocycles. The molecule has 0 spiro atoms. The van der Waals surface area contributed by atoms with Crippen molar-refractivity contribution in [3.05, 3.63) is 0 Å². The van der Waals surface area contributed by atoms with Crippen LogP contribution in [-0.2, 0) is 14.2 Å². The molecule has 0 aromatic rings. The molecule has 0 aromatic heterocycles. The lowest BCUT2D eigenvalue weighted by molar-refractivity contribution is -0.557. The Bertz CT molecular complexity index is 2000. The van der Waals surface area contributed by atoms with Crippen LogP contribution in [-0.4, -0.2) is 143 Å². The van der Waals surface area contributed by atoms with E-state index >= 15 is 0 Å². The molecule has 0 aromatic carbocycles. The molecule has 1 atom stereocenters. The van der Waals surface area contributed by atoms with Crippen molar-refractivity contribution in [3.8, 4) is 0 Å². The topological polar surface area (TPSA) is 47.9 Å². The van der Waals surface area contributed by atoms with Crippen molar-refractivity contribution in [2.24, 2.45) is 0 Å². The number of hydrogen-bond acceptors (Lipinski definition) is 4. The highest BCUT2D eigenvalue weighted by Crippen LogP contribution is 2.68. The molecular weight excluding hydrogens is 1230 g/mol. The Morgan fingerprint density at radius 1 is 0.149 bits per heavy atom. The van der Waals surface area contributed by atoms with Gasteiger partial charge in [-0.2, -0.15) is 206 Å². The van der Waals surface area contributed by atoms with Crippen LogP contribution in [0.3, 0.4) is 0 Å². The van der Waals surface area contributed by atoms with Gasteiger partial charge in [-0.1, -0.05) is 0 Å². The average molecular weight is 1230 g/mol. The van der Waals surface area contributed by atoms with Crippen LogP contribution < -0.4 is 0 Å². The molecule has 0 radical (unpaired) electrons. The third kappa shape index (κ3) is 9.09. The van der Waals surface area contributed by atoms with E-state index in [9.17, 15) is 206 Å². The Labute approximate surface area is 365 Å². The second-order valence-corrected chi connectivity index (χ2v) is 13.1. The van der Waals surface area contributed by atoms with Gasteiger partial charge in [0.15, 0.2) is 0 Å². The molecule has 1 unspecified atom stereocenters. The quantitative estimate of drug-likeness (QED) is 0.104. The lowest BCUT2D eigenvalue weighted by atomic mass is 9.87. The minimum absolute atomic E-state index is 0.321. The number of alkyl halides is 47. The summed E-state index contributed by atoms with van der Waals surface area (Å²) in [6, 6.07) is 0. The number of ether oxygens (including phenoxy) is 3. The van der Waals surface area contributed by atoms with E-state index in [1.54, 1.807) is 0 Å². The molecule has 0 aliphatic heterocycles. The molecular formula is C23HF47O4. The summed E-state index contributed by atoms with van der Waals surface area (Å²) < 4.78 is 632. The number of rotatable bonds is 23. The Morgan fingerprint density at radius 2 is 0.270 bits per heavy atom. The minimum atomic E-state index is -10.3. The predicted octanol–water partition coefficient (Wildman–Crippen LogP) is 14.3. The van der Waals surface area contributed by atoms with Crippen LogP contribution in [0, 0.1) is 0 Å². The van der Waals surface area contributed by atoms with Crippen LogP contribution in [0.25, 0.3) is 0 Å². The van der Waals surface area contributed by atoms with Crippen LogP contribution >= 0.6 is 0 Å². The van der Waals surface area contributed by atoms with Gasteiger partial charge in [-0.3, -0.25) is 0 Å². The highest BCUT2D eigenvalue weighted by Gasteiger charge is 2.99. The summed E-state index contributed by atoms with van der Waals surface area (Å²) in [7, 11) is 0. The van der Waals surface area contributed by atoms with Gasteiger partial charge in [-0.15, -0.1) is 0 Å². The van der Waals surface area contributed by atoms with Crippen LogP contribution in [0.4, 0.5) is 206 Å². The minimum Gasteiger partial charge on any atom is -0.350 e. The molecule has 0 bridgehead atoms. The first-order valence-electron chi connectivity index (χ1n) is 15.1. The summed E-state index contributed by atoms with van der Waals surface area (Å²) in [6.45, 7) is 0. The first kappa shape index (κ1) is 70.5. The van der Waals surface area contributed by atoms with Gasteiger partial charge in [0.05, 0.1) is 0 Å². The van der Waals surface area contributed by atoms with Crippen molar-refractivity contribution in [3.63, 3.8) is 0 Å². The molecule has 1 N–H and O–H groups in total. The highest BCUT2D eigenvalue weighted by atomic mass is 19.5. The Balaban J connectivity index is 7.48. The zero-order chi connectivity index (χ0) is 61.6. The van der Waals surface area contributed by atoms with Gasteiger partial charge in [0.2, 0.25) is 0 Å². The van der Waals surface area contributed by atoms with Crippen molar-refractivity contribution >= 4 is 0 Å². The van der Waals surface area contributed by atoms with Crippen molar-refractivity contribution in [1.29, 1.82) is 0 Å². The van der Waals surface area contributed by atoms with E-state index in [1.807, 2.05) is 0 Å². The second kappa shape index (κ2) is 17.3. The third-order valence-electron chi connectivity index (χ3n) is 8.05. The smallest absolute Gasteiger partial charge is 0.350 e. The maximum atomic E-state index is 13.9. The van der Waals surface area contributed by atoms with E-state index in [2.05, 4.69) is 0 Å². The maximum Gasteiger partial charge on any atom is 0.460 e. The first-order valence-corrected chi connectivity index (χ1v) is 15.1. The number of aliphatic hydroxyl groups is 1. The number of hydrogen-bond donors (Lipinski definition) is 1. The second-order valence-electron chi connectivity index (χ2n) is 13.1. The van der Waals surface area contributed by atoms with Crippen molar-refractivity contribution in [1.82, 2.24) is 0 Å². The van der Waals surface area contributed by atoms with Crippen LogP contribution in [0.5, 0.6) is 0 Å². The van der Waals surface area contributed by atoms with Gasteiger partial charge in [0.25, 0.3) is 0 Å². The highest BCUT2D eigenvalue weighted by molar-refractivity contribution is 5.18. The molecule has 0 amide bonds. The summed E-state index contributed by atoms with van der Waals surface area (Å²) in [6.07, 6.45) is -73.8. The molecule has 4 nitrogen and oxygen atoms in total. The Morgan fingerprint density at radius 3 is 0.419 bits per heavy atom. The van der Waals surface area contributed by atoms with Gasteiger partial charge in [-0.05, 0) is 0 Å². The molecule has 446 valence electrons. The molecule has 0 rings (SSSR count). The maximum absolute atomic E-state index is 13.9. The zero-order valence-electron chi connectivity index (χ0n) is 30.9. The molecule has 0 aliphatic rings. The fourth-order valence-electron chi connectivity index (χ4n) is 3.71. The molecule has 0 saturated carbocycles. The average Bonchev–Trinajstić information content (AvgIpc) is 3.11. The summed E-state index contributed by atoms with van der Waals surface area (Å²) in [5.74, 6) is -145. The van der Waals surface area contributed by atoms with E-state index in [0.717, 1.165) is 0 Å². The van der Waals surface area contributed by atoms with Crippen LogP contribution in [0.15, 0.2) is 0 Å². The van der Waals surface area contributed by atoms with Gasteiger partial charge in [0.1, 0.15) is 0 Å². The van der Waals surface area contributed by atoms with E-state index in [0.29, 0.717) is 14.2 Å². The Kier molecular flexibility index (Phi) is 16.5. The van der Waals surface area contributed by atoms with Crippen molar-refractivity contribution in [2.75, 3.05) is 0 Å². The van der Waals surface area contributed by atoms with Gasteiger partial charge in [-0.25, -0.2) is 14.2 Å². The van der Waals surface area contributed by atoms with Gasteiger partial charge in [0, 0.05) is 0 Å².